The Hall–Kier alpha value is -3.54. The Balaban J connectivity index is 1.76. The van der Waals surface area contributed by atoms with Crippen LogP contribution in [-0.4, -0.2) is 27.6 Å². The van der Waals surface area contributed by atoms with Gasteiger partial charge in [0.1, 0.15) is 18.2 Å². The van der Waals surface area contributed by atoms with Crippen molar-refractivity contribution in [1.29, 1.82) is 5.26 Å². The van der Waals surface area contributed by atoms with Gasteiger partial charge in [0, 0.05) is 34.9 Å². The van der Waals surface area contributed by atoms with Crippen molar-refractivity contribution in [1.82, 2.24) is 15.0 Å². The van der Waals surface area contributed by atoms with E-state index < -0.39 is 6.04 Å². The Labute approximate surface area is 210 Å². The Bertz CT molecular complexity index is 1290. The quantitative estimate of drug-likeness (QED) is 0.259. The van der Waals surface area contributed by atoms with Gasteiger partial charge >= 0.3 is 0 Å². The molecule has 9 heteroatoms. The van der Waals surface area contributed by atoms with Gasteiger partial charge in [0.2, 0.25) is 0 Å². The Kier molecular flexibility index (Phi) is 7.01. The number of nitrogens with zero attached hydrogens (tertiary/aromatic N) is 4. The number of hydrogen-bond acceptors (Lipinski definition) is 8. The number of benzene rings is 2. The lowest BCUT2D eigenvalue weighted by Gasteiger charge is -2.25. The fourth-order valence-electron chi connectivity index (χ4n) is 3.77. The van der Waals surface area contributed by atoms with Crippen molar-refractivity contribution >= 4 is 34.0 Å². The monoisotopic (exact) mass is 490 g/mol. The van der Waals surface area contributed by atoms with Crippen LogP contribution in [0.3, 0.4) is 0 Å². The second kappa shape index (κ2) is 9.98. The maximum atomic E-state index is 9.86. The summed E-state index contributed by atoms with van der Waals surface area (Å²) in [7, 11) is 0. The molecular weight excluding hydrogens is 460 g/mol. The topological polar surface area (TPSA) is 129 Å². The molecule has 0 spiro atoms. The highest BCUT2D eigenvalue weighted by molar-refractivity contribution is 6.31. The lowest BCUT2D eigenvalue weighted by molar-refractivity contribution is 0.378. The normalized spacial score (nSPS) is 14.9. The second-order valence-electron chi connectivity index (χ2n) is 10.1. The van der Waals surface area contributed by atoms with E-state index in [1.54, 1.807) is 17.3 Å². The number of halogens is 1. The molecule has 1 aromatic heterocycles. The molecule has 4 rings (SSSR count). The number of aromatic nitrogens is 2. The first-order chi connectivity index (χ1) is 16.7. The molecule has 182 valence electrons. The molecule has 2 aromatic carbocycles. The van der Waals surface area contributed by atoms with Crippen molar-refractivity contribution < 1.29 is 0 Å². The molecule has 1 aliphatic carbocycles. The molecule has 0 saturated heterocycles. The number of fused-ring (bicyclic) bond motifs is 1. The number of nitrogens with two attached hydrogens (primary N) is 2. The van der Waals surface area contributed by atoms with Crippen LogP contribution in [0.2, 0.25) is 5.02 Å². The van der Waals surface area contributed by atoms with Crippen LogP contribution in [-0.2, 0) is 0 Å². The summed E-state index contributed by atoms with van der Waals surface area (Å²) in [5, 5.41) is 19.7. The zero-order valence-electron chi connectivity index (χ0n) is 20.2. The van der Waals surface area contributed by atoms with Crippen molar-refractivity contribution in [2.45, 2.75) is 45.7 Å². The minimum Gasteiger partial charge on any atom is -0.399 e. The molecular formula is C26H31ClN8. The van der Waals surface area contributed by atoms with Gasteiger partial charge in [-0.2, -0.15) is 5.26 Å². The minimum absolute atomic E-state index is 0.0508. The van der Waals surface area contributed by atoms with Gasteiger partial charge < -0.3 is 21.4 Å². The van der Waals surface area contributed by atoms with Gasteiger partial charge in [-0.05, 0) is 42.0 Å². The van der Waals surface area contributed by atoms with Crippen LogP contribution in [0.15, 0.2) is 54.6 Å². The van der Waals surface area contributed by atoms with E-state index in [2.05, 4.69) is 47.4 Å². The SMILES string of the molecule is CC(C)(C)CNc1ncnc2c(C#N)cc(NC(/C(N)=C/N(N)C3CC3)c3ccccc3Cl)cc12. The molecule has 1 unspecified atom stereocenters. The van der Waals surface area contributed by atoms with Crippen molar-refractivity contribution in [2.24, 2.45) is 17.0 Å². The summed E-state index contributed by atoms with van der Waals surface area (Å²) >= 11 is 6.55. The number of nitrogens with one attached hydrogen (secondary N) is 2. The largest absolute Gasteiger partial charge is 0.399 e. The Morgan fingerprint density at radius 3 is 2.69 bits per heavy atom. The van der Waals surface area contributed by atoms with E-state index in [0.717, 1.165) is 23.8 Å². The molecule has 1 atom stereocenters. The fourth-order valence-corrected chi connectivity index (χ4v) is 4.01. The van der Waals surface area contributed by atoms with Crippen molar-refractivity contribution in [3.05, 3.63) is 70.8 Å². The third-order valence-corrected chi connectivity index (χ3v) is 6.12. The van der Waals surface area contributed by atoms with Crippen molar-refractivity contribution in [3.8, 4) is 6.07 Å². The molecule has 1 saturated carbocycles. The third-order valence-electron chi connectivity index (χ3n) is 5.77. The molecule has 1 heterocycles. The van der Waals surface area contributed by atoms with Gasteiger partial charge in [-0.15, -0.1) is 0 Å². The van der Waals surface area contributed by atoms with E-state index >= 15 is 0 Å². The van der Waals surface area contributed by atoms with Crippen LogP contribution in [0.4, 0.5) is 11.5 Å². The average molecular weight is 491 g/mol. The summed E-state index contributed by atoms with van der Waals surface area (Å²) in [6, 6.07) is 13.3. The van der Waals surface area contributed by atoms with E-state index in [1.165, 1.54) is 6.33 Å². The highest BCUT2D eigenvalue weighted by Crippen LogP contribution is 2.34. The highest BCUT2D eigenvalue weighted by atomic mass is 35.5. The summed E-state index contributed by atoms with van der Waals surface area (Å²) in [5.41, 5.74) is 9.65. The molecule has 35 heavy (non-hydrogen) atoms. The van der Waals surface area contributed by atoms with Gasteiger partial charge in [0.25, 0.3) is 0 Å². The minimum atomic E-state index is -0.465. The first-order valence-corrected chi connectivity index (χ1v) is 12.0. The predicted octanol–water partition coefficient (Wildman–Crippen LogP) is 4.90. The molecule has 3 aromatic rings. The van der Waals surface area contributed by atoms with Crippen LogP contribution in [0.1, 0.15) is 50.8 Å². The maximum Gasteiger partial charge on any atom is 0.137 e. The van der Waals surface area contributed by atoms with Crippen LogP contribution >= 0.6 is 11.6 Å². The zero-order chi connectivity index (χ0) is 25.2. The standard InChI is InChI=1S/C26H31ClN8/c1-26(2,3)14-31-25-20-11-17(10-16(12-28)23(20)32-15-33-25)34-24(19-6-4-5-7-21(19)27)22(29)13-35(30)18-8-9-18/h4-7,10-11,13,15,18,24,34H,8-9,14,29-30H2,1-3H3,(H,31,32,33)/b22-13-. The predicted molar refractivity (Wildman–Crippen MR) is 141 cm³/mol. The highest BCUT2D eigenvalue weighted by Gasteiger charge is 2.27. The number of anilines is 2. The Morgan fingerprint density at radius 2 is 2.03 bits per heavy atom. The van der Waals surface area contributed by atoms with Gasteiger partial charge in [-0.1, -0.05) is 50.6 Å². The number of rotatable bonds is 8. The molecule has 0 amide bonds. The lowest BCUT2D eigenvalue weighted by atomic mass is 9.97. The zero-order valence-corrected chi connectivity index (χ0v) is 21.0. The van der Waals surface area contributed by atoms with Gasteiger partial charge in [-0.25, -0.2) is 15.8 Å². The molecule has 0 radical (unpaired) electrons. The van der Waals surface area contributed by atoms with E-state index in [4.69, 9.17) is 23.2 Å². The van der Waals surface area contributed by atoms with Gasteiger partial charge in [0.05, 0.1) is 22.8 Å². The number of nitriles is 1. The Morgan fingerprint density at radius 1 is 1.29 bits per heavy atom. The van der Waals surface area contributed by atoms with Gasteiger partial charge in [-0.3, -0.25) is 0 Å². The van der Waals surface area contributed by atoms with Crippen LogP contribution < -0.4 is 22.2 Å². The second-order valence-corrected chi connectivity index (χ2v) is 10.5. The molecule has 1 fully saturated rings. The summed E-state index contributed by atoms with van der Waals surface area (Å²) in [4.78, 5) is 8.81. The van der Waals surface area contributed by atoms with Crippen LogP contribution in [0.5, 0.6) is 0 Å². The van der Waals surface area contributed by atoms with E-state index in [0.29, 0.717) is 45.9 Å². The smallest absolute Gasteiger partial charge is 0.137 e. The average Bonchev–Trinajstić information content (AvgIpc) is 3.66. The molecule has 0 bridgehead atoms. The molecule has 1 aliphatic rings. The third kappa shape index (κ3) is 5.94. The van der Waals surface area contributed by atoms with Crippen LogP contribution in [0, 0.1) is 16.7 Å². The molecule has 6 N–H and O–H groups in total. The summed E-state index contributed by atoms with van der Waals surface area (Å²) < 4.78 is 0. The first-order valence-electron chi connectivity index (χ1n) is 11.6. The maximum absolute atomic E-state index is 9.86. The van der Waals surface area contributed by atoms with E-state index in [-0.39, 0.29) is 5.41 Å². The molecule has 0 aliphatic heterocycles. The van der Waals surface area contributed by atoms with Crippen molar-refractivity contribution in [2.75, 3.05) is 17.2 Å². The summed E-state index contributed by atoms with van der Waals surface area (Å²) in [6.07, 6.45) is 5.32. The van der Waals surface area contributed by atoms with E-state index in [9.17, 15) is 5.26 Å². The van der Waals surface area contributed by atoms with Gasteiger partial charge in [0.15, 0.2) is 0 Å². The summed E-state index contributed by atoms with van der Waals surface area (Å²) in [6.45, 7) is 7.14. The summed E-state index contributed by atoms with van der Waals surface area (Å²) in [5.74, 6) is 6.85. The first kappa shape index (κ1) is 24.6. The number of hydrazine groups is 1. The van der Waals surface area contributed by atoms with E-state index in [1.807, 2.05) is 30.3 Å². The van der Waals surface area contributed by atoms with Crippen molar-refractivity contribution in [3.63, 3.8) is 0 Å². The van der Waals surface area contributed by atoms with Crippen LogP contribution in [0.25, 0.3) is 10.9 Å². The lowest BCUT2D eigenvalue weighted by Crippen LogP contribution is -2.30. The fraction of sp³-hybridized carbons (Fsp3) is 0.346. The molecule has 8 nitrogen and oxygen atoms in total. The number of hydrogen-bond donors (Lipinski definition) is 4.